The first-order valence-corrected chi connectivity index (χ1v) is 8.63. The van der Waals surface area contributed by atoms with E-state index in [1.54, 1.807) is 0 Å². The van der Waals surface area contributed by atoms with Crippen molar-refractivity contribution in [2.45, 2.75) is 26.3 Å². The van der Waals surface area contributed by atoms with E-state index in [1.807, 2.05) is 54.6 Å². The van der Waals surface area contributed by atoms with Gasteiger partial charge in [0.2, 0.25) is 5.89 Å². The first-order chi connectivity index (χ1) is 12.8. The molecule has 0 saturated carbocycles. The number of benzene rings is 2. The molecule has 2 aromatic heterocycles. The van der Waals surface area contributed by atoms with Crippen molar-refractivity contribution in [3.63, 3.8) is 0 Å². The average Bonchev–Trinajstić information content (AvgIpc) is 3.12. The molecule has 26 heavy (non-hydrogen) atoms. The zero-order chi connectivity index (χ0) is 17.9. The van der Waals surface area contributed by atoms with E-state index in [-0.39, 0.29) is 12.1 Å². The molecule has 2 heterocycles. The van der Waals surface area contributed by atoms with Gasteiger partial charge in [0.05, 0.1) is 11.1 Å². The topological polar surface area (TPSA) is 73.8 Å². The summed E-state index contributed by atoms with van der Waals surface area (Å²) in [5.41, 5.74) is 1.54. The summed E-state index contributed by atoms with van der Waals surface area (Å²) in [4.78, 5) is 17.2. The van der Waals surface area contributed by atoms with Crippen LogP contribution in [0.2, 0.25) is 0 Å². The van der Waals surface area contributed by atoms with Gasteiger partial charge in [-0.1, -0.05) is 60.6 Å². The fraction of sp³-hybridized carbons (Fsp3) is 0.200. The Bertz CT molecular complexity index is 1100. The lowest BCUT2D eigenvalue weighted by atomic mass is 10.1. The summed E-state index contributed by atoms with van der Waals surface area (Å²) in [6, 6.07) is 17.3. The molecule has 0 aliphatic heterocycles. The quantitative estimate of drug-likeness (QED) is 0.553. The molecule has 0 N–H and O–H groups in total. The summed E-state index contributed by atoms with van der Waals surface area (Å²) >= 11 is 0. The molecule has 0 saturated heterocycles. The van der Waals surface area contributed by atoms with Crippen molar-refractivity contribution < 1.29 is 4.52 Å². The summed E-state index contributed by atoms with van der Waals surface area (Å²) < 4.78 is 6.67. The van der Waals surface area contributed by atoms with Crippen molar-refractivity contribution in [3.8, 4) is 11.3 Å². The Morgan fingerprint density at radius 1 is 1.00 bits per heavy atom. The largest absolute Gasteiger partial charge is 0.337 e. The number of hydrogen-bond acceptors (Lipinski definition) is 5. The van der Waals surface area contributed by atoms with Crippen LogP contribution >= 0.6 is 0 Å². The van der Waals surface area contributed by atoms with Gasteiger partial charge in [0, 0.05) is 17.4 Å². The number of nitrogens with zero attached hydrogens (tertiary/aromatic N) is 4. The maximum absolute atomic E-state index is 12.9. The molecule has 6 nitrogen and oxygen atoms in total. The molecule has 130 valence electrons. The Kier molecular flexibility index (Phi) is 4.31. The molecule has 2 aromatic carbocycles. The molecular weight excluding hydrogens is 328 g/mol. The van der Waals surface area contributed by atoms with Gasteiger partial charge < -0.3 is 4.52 Å². The normalized spacial score (nSPS) is 11.1. The second-order valence-electron chi connectivity index (χ2n) is 6.08. The average molecular weight is 346 g/mol. The maximum atomic E-state index is 12.9. The van der Waals surface area contributed by atoms with E-state index in [4.69, 9.17) is 4.52 Å². The molecule has 0 aliphatic carbocycles. The zero-order valence-electron chi connectivity index (χ0n) is 14.4. The van der Waals surface area contributed by atoms with Crippen LogP contribution in [0.1, 0.15) is 25.1 Å². The van der Waals surface area contributed by atoms with Gasteiger partial charge in [-0.2, -0.15) is 10.1 Å². The highest BCUT2D eigenvalue weighted by Crippen LogP contribution is 2.24. The van der Waals surface area contributed by atoms with Crippen LogP contribution in [-0.2, 0) is 13.0 Å². The molecule has 0 aliphatic rings. The Labute approximate surface area is 150 Å². The SMILES string of the molecule is CCCc1noc(Cn2nc(-c3ccccc3)c3ccccc3c2=O)n1. The third kappa shape index (κ3) is 3.01. The maximum Gasteiger partial charge on any atom is 0.275 e. The Morgan fingerprint density at radius 2 is 1.73 bits per heavy atom. The molecule has 0 amide bonds. The summed E-state index contributed by atoms with van der Waals surface area (Å²) in [6.45, 7) is 2.21. The van der Waals surface area contributed by atoms with Crippen molar-refractivity contribution in [2.75, 3.05) is 0 Å². The molecule has 0 radical (unpaired) electrons. The second-order valence-corrected chi connectivity index (χ2v) is 6.08. The van der Waals surface area contributed by atoms with E-state index in [1.165, 1.54) is 4.68 Å². The van der Waals surface area contributed by atoms with Crippen molar-refractivity contribution in [1.82, 2.24) is 19.9 Å². The van der Waals surface area contributed by atoms with Crippen LogP contribution in [0, 0.1) is 0 Å². The van der Waals surface area contributed by atoms with Gasteiger partial charge in [0.25, 0.3) is 5.56 Å². The van der Waals surface area contributed by atoms with Gasteiger partial charge in [-0.15, -0.1) is 0 Å². The third-order valence-electron chi connectivity index (χ3n) is 4.18. The molecule has 0 atom stereocenters. The van der Waals surface area contributed by atoms with E-state index in [2.05, 4.69) is 22.2 Å². The Hall–Kier alpha value is -3.28. The van der Waals surface area contributed by atoms with Crippen molar-refractivity contribution in [1.29, 1.82) is 0 Å². The fourth-order valence-electron chi connectivity index (χ4n) is 2.96. The molecule has 4 rings (SSSR count). The van der Waals surface area contributed by atoms with Gasteiger partial charge in [-0.05, 0) is 12.5 Å². The highest BCUT2D eigenvalue weighted by Gasteiger charge is 2.14. The van der Waals surface area contributed by atoms with E-state index in [9.17, 15) is 4.79 Å². The van der Waals surface area contributed by atoms with Gasteiger partial charge in [0.15, 0.2) is 5.82 Å². The van der Waals surface area contributed by atoms with Crippen LogP contribution in [0.4, 0.5) is 0 Å². The first-order valence-electron chi connectivity index (χ1n) is 8.63. The van der Waals surface area contributed by atoms with Crippen LogP contribution in [0.3, 0.4) is 0 Å². The van der Waals surface area contributed by atoms with Gasteiger partial charge in [-0.25, -0.2) is 4.68 Å². The van der Waals surface area contributed by atoms with E-state index < -0.39 is 0 Å². The Morgan fingerprint density at radius 3 is 2.50 bits per heavy atom. The smallest absolute Gasteiger partial charge is 0.275 e. The van der Waals surface area contributed by atoms with Crippen LogP contribution in [0.25, 0.3) is 22.0 Å². The molecular formula is C20H18N4O2. The predicted octanol–water partition coefficient (Wildman–Crippen LogP) is 3.45. The first kappa shape index (κ1) is 16.2. The molecule has 6 heteroatoms. The number of rotatable bonds is 5. The molecule has 4 aromatic rings. The highest BCUT2D eigenvalue weighted by atomic mass is 16.5. The molecule has 0 bridgehead atoms. The van der Waals surface area contributed by atoms with Crippen LogP contribution in [0.15, 0.2) is 63.9 Å². The van der Waals surface area contributed by atoms with Crippen LogP contribution in [0.5, 0.6) is 0 Å². The van der Waals surface area contributed by atoms with Crippen LogP contribution in [-0.4, -0.2) is 19.9 Å². The minimum atomic E-state index is -0.171. The second kappa shape index (κ2) is 6.92. The van der Waals surface area contributed by atoms with Crippen LogP contribution < -0.4 is 5.56 Å². The minimum Gasteiger partial charge on any atom is -0.337 e. The predicted molar refractivity (Wildman–Crippen MR) is 98.8 cm³/mol. The summed E-state index contributed by atoms with van der Waals surface area (Å²) in [5, 5.41) is 9.99. The van der Waals surface area contributed by atoms with Crippen molar-refractivity contribution in [2.24, 2.45) is 0 Å². The van der Waals surface area contributed by atoms with Crippen molar-refractivity contribution in [3.05, 3.63) is 76.7 Å². The summed E-state index contributed by atoms with van der Waals surface area (Å²) in [7, 11) is 0. The van der Waals surface area contributed by atoms with E-state index in [0.29, 0.717) is 17.1 Å². The molecule has 0 unspecified atom stereocenters. The highest BCUT2D eigenvalue weighted by molar-refractivity contribution is 5.93. The number of aryl methyl sites for hydroxylation is 1. The monoisotopic (exact) mass is 346 g/mol. The third-order valence-corrected chi connectivity index (χ3v) is 4.18. The van der Waals surface area contributed by atoms with Gasteiger partial charge in [0.1, 0.15) is 6.54 Å². The number of aromatic nitrogens is 4. The van der Waals surface area contributed by atoms with E-state index in [0.717, 1.165) is 29.5 Å². The minimum absolute atomic E-state index is 0.153. The lowest BCUT2D eigenvalue weighted by Crippen LogP contribution is -2.24. The van der Waals surface area contributed by atoms with Gasteiger partial charge >= 0.3 is 0 Å². The standard InChI is InChI=1S/C20H18N4O2/c1-2-8-17-21-18(26-23-17)13-24-20(25)16-12-7-6-11-15(16)19(22-24)14-9-4-3-5-10-14/h3-7,9-12H,2,8,13H2,1H3. The van der Waals surface area contributed by atoms with Crippen molar-refractivity contribution >= 4 is 10.8 Å². The van der Waals surface area contributed by atoms with Gasteiger partial charge in [-0.3, -0.25) is 4.79 Å². The van der Waals surface area contributed by atoms with E-state index >= 15 is 0 Å². The summed E-state index contributed by atoms with van der Waals surface area (Å²) in [5.74, 6) is 1.04. The fourth-order valence-corrected chi connectivity index (χ4v) is 2.96. The number of fused-ring (bicyclic) bond motifs is 1. The lowest BCUT2D eigenvalue weighted by Gasteiger charge is -2.09. The zero-order valence-corrected chi connectivity index (χ0v) is 14.4. The summed E-state index contributed by atoms with van der Waals surface area (Å²) in [6.07, 6.45) is 1.68. The molecule has 0 fully saturated rings. The lowest BCUT2D eigenvalue weighted by molar-refractivity contribution is 0.359. The Balaban J connectivity index is 1.84. The molecule has 0 spiro atoms. The number of hydrogen-bond donors (Lipinski definition) is 0.